The van der Waals surface area contributed by atoms with E-state index in [0.29, 0.717) is 6.54 Å². The smallest absolute Gasteiger partial charge is 0.308 e. The molecule has 0 saturated carbocycles. The van der Waals surface area contributed by atoms with E-state index in [0.717, 1.165) is 11.1 Å². The lowest BCUT2D eigenvalue weighted by molar-refractivity contribution is -0.142. The Balaban J connectivity index is 0.000000187. The Bertz CT molecular complexity index is 429. The van der Waals surface area contributed by atoms with Gasteiger partial charge in [0, 0.05) is 12.1 Å². The quantitative estimate of drug-likeness (QED) is 0.764. The number of rotatable bonds is 2. The van der Waals surface area contributed by atoms with Gasteiger partial charge in [0.05, 0.1) is 19.6 Å². The average Bonchev–Trinajstić information content (AvgIpc) is 2.72. The van der Waals surface area contributed by atoms with Crippen molar-refractivity contribution in [1.82, 2.24) is 5.32 Å². The Kier molecular flexibility index (Phi) is 5.32. The van der Waals surface area contributed by atoms with Gasteiger partial charge >= 0.3 is 5.97 Å². The van der Waals surface area contributed by atoms with Crippen LogP contribution in [-0.2, 0) is 16.1 Å². The summed E-state index contributed by atoms with van der Waals surface area (Å²) in [5, 5.41) is 11.3. The van der Waals surface area contributed by atoms with Gasteiger partial charge in [0.25, 0.3) is 5.91 Å². The summed E-state index contributed by atoms with van der Waals surface area (Å²) < 4.78 is 4.26. The highest BCUT2D eigenvalue weighted by atomic mass is 16.5. The molecule has 0 saturated heterocycles. The molecule has 1 aliphatic rings. The van der Waals surface area contributed by atoms with Crippen LogP contribution >= 0.6 is 0 Å². The summed E-state index contributed by atoms with van der Waals surface area (Å²) in [7, 11) is 1.30. The molecular weight excluding hydrogens is 234 g/mol. The maximum Gasteiger partial charge on any atom is 0.308 e. The zero-order chi connectivity index (χ0) is 13.5. The number of benzene rings is 1. The van der Waals surface area contributed by atoms with Crippen LogP contribution in [0.25, 0.3) is 0 Å². The van der Waals surface area contributed by atoms with E-state index in [2.05, 4.69) is 10.1 Å². The van der Waals surface area contributed by atoms with Gasteiger partial charge in [-0.25, -0.2) is 0 Å². The molecule has 0 unspecified atom stereocenters. The van der Waals surface area contributed by atoms with Crippen LogP contribution in [0.15, 0.2) is 24.3 Å². The largest absolute Gasteiger partial charge is 0.469 e. The summed E-state index contributed by atoms with van der Waals surface area (Å²) in [5.41, 5.74) is 1.93. The topological polar surface area (TPSA) is 75.6 Å². The maximum atomic E-state index is 11.0. The molecule has 1 amide bonds. The Hall–Kier alpha value is -1.88. The van der Waals surface area contributed by atoms with E-state index in [1.54, 1.807) is 0 Å². The lowest BCUT2D eigenvalue weighted by atomic mass is 10.1. The molecule has 5 nitrogen and oxygen atoms in total. The second-order valence-corrected chi connectivity index (χ2v) is 3.97. The fraction of sp³-hybridized carbons (Fsp3) is 0.385. The third-order valence-corrected chi connectivity index (χ3v) is 2.39. The van der Waals surface area contributed by atoms with Crippen molar-refractivity contribution in [2.75, 3.05) is 7.11 Å². The lowest BCUT2D eigenvalue weighted by Crippen LogP contribution is -2.12. The SMILES string of the molecule is COC(=O)C[C@@H](C)O.O=C1NCc2ccccc21. The molecule has 0 aliphatic carbocycles. The molecule has 1 heterocycles. The molecule has 2 N–H and O–H groups in total. The Morgan fingerprint density at radius 2 is 2.17 bits per heavy atom. The highest BCUT2D eigenvalue weighted by molar-refractivity contribution is 5.98. The predicted molar refractivity (Wildman–Crippen MR) is 65.9 cm³/mol. The molecule has 0 aromatic heterocycles. The van der Waals surface area contributed by atoms with Gasteiger partial charge in [-0.1, -0.05) is 18.2 Å². The summed E-state index contributed by atoms with van der Waals surface area (Å²) in [5.74, 6) is -0.324. The monoisotopic (exact) mass is 251 g/mol. The van der Waals surface area contributed by atoms with E-state index in [1.807, 2.05) is 24.3 Å². The van der Waals surface area contributed by atoms with Gasteiger partial charge in [0.15, 0.2) is 0 Å². The summed E-state index contributed by atoms with van der Waals surface area (Å²) >= 11 is 0. The number of aliphatic hydroxyl groups is 1. The molecule has 18 heavy (non-hydrogen) atoms. The Morgan fingerprint density at radius 1 is 1.50 bits per heavy atom. The van der Waals surface area contributed by atoms with E-state index in [1.165, 1.54) is 14.0 Å². The normalized spacial score (nSPS) is 13.8. The van der Waals surface area contributed by atoms with Crippen LogP contribution < -0.4 is 5.32 Å². The second-order valence-electron chi connectivity index (χ2n) is 3.97. The van der Waals surface area contributed by atoms with E-state index in [-0.39, 0.29) is 18.3 Å². The first-order valence-electron chi connectivity index (χ1n) is 5.65. The fourth-order valence-electron chi connectivity index (χ4n) is 1.49. The zero-order valence-corrected chi connectivity index (χ0v) is 10.5. The number of ether oxygens (including phenoxy) is 1. The minimum Gasteiger partial charge on any atom is -0.469 e. The first-order chi connectivity index (χ1) is 8.54. The molecule has 0 fully saturated rings. The number of esters is 1. The van der Waals surface area contributed by atoms with E-state index < -0.39 is 6.10 Å². The number of nitrogens with one attached hydrogen (secondary N) is 1. The molecule has 1 aromatic rings. The first-order valence-corrected chi connectivity index (χ1v) is 5.65. The average molecular weight is 251 g/mol. The molecule has 2 rings (SSSR count). The zero-order valence-electron chi connectivity index (χ0n) is 10.5. The summed E-state index contributed by atoms with van der Waals surface area (Å²) in [4.78, 5) is 21.2. The molecule has 0 spiro atoms. The first kappa shape index (κ1) is 14.2. The lowest BCUT2D eigenvalue weighted by Gasteiger charge is -1.99. The molecular formula is C13H17NO4. The van der Waals surface area contributed by atoms with Crippen molar-refractivity contribution in [2.45, 2.75) is 26.0 Å². The minimum atomic E-state index is -0.595. The van der Waals surface area contributed by atoms with Crippen molar-refractivity contribution in [2.24, 2.45) is 0 Å². The van der Waals surface area contributed by atoms with Gasteiger partial charge in [-0.15, -0.1) is 0 Å². The van der Waals surface area contributed by atoms with Crippen molar-refractivity contribution >= 4 is 11.9 Å². The van der Waals surface area contributed by atoms with E-state index >= 15 is 0 Å². The highest BCUT2D eigenvalue weighted by Crippen LogP contribution is 2.13. The van der Waals surface area contributed by atoms with Crippen molar-refractivity contribution < 1.29 is 19.4 Å². The number of carbonyl (C=O) groups is 2. The van der Waals surface area contributed by atoms with Crippen LogP contribution in [0.5, 0.6) is 0 Å². The third-order valence-electron chi connectivity index (χ3n) is 2.39. The summed E-state index contributed by atoms with van der Waals surface area (Å²) in [6.07, 6.45) is -0.515. The van der Waals surface area contributed by atoms with Gasteiger partial charge in [0.1, 0.15) is 0 Å². The molecule has 98 valence electrons. The minimum absolute atomic E-state index is 0.0515. The number of fused-ring (bicyclic) bond motifs is 1. The van der Waals surface area contributed by atoms with Crippen LogP contribution in [0.1, 0.15) is 29.3 Å². The van der Waals surface area contributed by atoms with Gasteiger partial charge < -0.3 is 15.2 Å². The number of methoxy groups -OCH3 is 1. The predicted octanol–water partition coefficient (Wildman–Crippen LogP) is 0.860. The molecule has 0 bridgehead atoms. The second kappa shape index (κ2) is 6.76. The fourth-order valence-corrected chi connectivity index (χ4v) is 1.49. The van der Waals surface area contributed by atoms with Crippen molar-refractivity contribution in [3.05, 3.63) is 35.4 Å². The highest BCUT2D eigenvalue weighted by Gasteiger charge is 2.16. The summed E-state index contributed by atoms with van der Waals surface area (Å²) in [6.45, 7) is 2.23. The number of aliphatic hydroxyl groups excluding tert-OH is 1. The van der Waals surface area contributed by atoms with Crippen LogP contribution in [0.4, 0.5) is 0 Å². The standard InChI is InChI=1S/C8H7NO.C5H10O3/c10-8-7-4-2-1-3-6(7)5-9-8;1-4(6)3-5(7)8-2/h1-4H,5H2,(H,9,10);4,6H,3H2,1-2H3/t;4-/m.1/s1. The molecule has 1 aromatic carbocycles. The number of amides is 1. The van der Waals surface area contributed by atoms with Crippen molar-refractivity contribution in [3.63, 3.8) is 0 Å². The van der Waals surface area contributed by atoms with Gasteiger partial charge in [0.2, 0.25) is 0 Å². The maximum absolute atomic E-state index is 11.0. The van der Waals surface area contributed by atoms with Gasteiger partial charge in [-0.05, 0) is 18.6 Å². The Morgan fingerprint density at radius 3 is 2.67 bits per heavy atom. The third kappa shape index (κ3) is 4.18. The van der Waals surface area contributed by atoms with Crippen LogP contribution in [0.3, 0.4) is 0 Å². The Labute approximate surface area is 106 Å². The van der Waals surface area contributed by atoms with Crippen molar-refractivity contribution in [1.29, 1.82) is 0 Å². The molecule has 0 radical (unpaired) electrons. The van der Waals surface area contributed by atoms with Crippen molar-refractivity contribution in [3.8, 4) is 0 Å². The van der Waals surface area contributed by atoms with E-state index in [9.17, 15) is 9.59 Å². The van der Waals surface area contributed by atoms with Gasteiger partial charge in [-0.2, -0.15) is 0 Å². The molecule has 1 atom stereocenters. The van der Waals surface area contributed by atoms with Crippen LogP contribution in [0, 0.1) is 0 Å². The number of hydrogen-bond donors (Lipinski definition) is 2. The number of hydrogen-bond acceptors (Lipinski definition) is 4. The van der Waals surface area contributed by atoms with Gasteiger partial charge in [-0.3, -0.25) is 9.59 Å². The summed E-state index contributed by atoms with van der Waals surface area (Å²) in [6, 6.07) is 7.63. The van der Waals surface area contributed by atoms with Crippen LogP contribution in [-0.4, -0.2) is 30.2 Å². The number of carbonyl (C=O) groups excluding carboxylic acids is 2. The molecule has 5 heteroatoms. The van der Waals surface area contributed by atoms with E-state index in [4.69, 9.17) is 5.11 Å². The van der Waals surface area contributed by atoms with Crippen LogP contribution in [0.2, 0.25) is 0 Å². The molecule has 1 aliphatic heterocycles.